The minimum absolute atomic E-state index is 0.0927. The molecule has 94 valence electrons. The topological polar surface area (TPSA) is 66.9 Å². The molecule has 18 heavy (non-hydrogen) atoms. The van der Waals surface area contributed by atoms with Crippen LogP contribution in [0.5, 0.6) is 0 Å². The quantitative estimate of drug-likeness (QED) is 0.793. The van der Waals surface area contributed by atoms with Gasteiger partial charge in [-0.2, -0.15) is 0 Å². The van der Waals surface area contributed by atoms with Crippen LogP contribution in [0.1, 0.15) is 9.67 Å². The molecule has 6 heteroatoms. The van der Waals surface area contributed by atoms with Crippen molar-refractivity contribution in [3.8, 4) is 10.7 Å². The Kier molecular flexibility index (Phi) is 4.38. The number of thiazole rings is 1. The third-order valence-electron chi connectivity index (χ3n) is 2.27. The summed E-state index contributed by atoms with van der Waals surface area (Å²) in [6.45, 7) is 1.35. The average Bonchev–Trinajstić information content (AvgIpc) is 2.89. The molecule has 2 rings (SSSR count). The molecule has 0 aliphatic heterocycles. The summed E-state index contributed by atoms with van der Waals surface area (Å²) in [6, 6.07) is 5.63. The van der Waals surface area contributed by atoms with Crippen LogP contribution in [0.25, 0.3) is 10.7 Å². The number of rotatable bonds is 5. The van der Waals surface area contributed by atoms with Gasteiger partial charge in [-0.25, -0.2) is 4.98 Å². The molecule has 0 fully saturated rings. The molecule has 0 aliphatic carbocycles. The predicted molar refractivity (Wildman–Crippen MR) is 71.6 cm³/mol. The van der Waals surface area contributed by atoms with Gasteiger partial charge in [-0.1, -0.05) is 6.07 Å². The van der Waals surface area contributed by atoms with Crippen molar-refractivity contribution in [1.29, 1.82) is 0 Å². The van der Waals surface area contributed by atoms with E-state index in [4.69, 9.17) is 0 Å². The smallest absolute Gasteiger partial charge is 0.263 e. The first-order valence-corrected chi connectivity index (χ1v) is 6.43. The standard InChI is InChI=1S/C12H14N4OS/c1-13-6-7-15-11(17)10-8-16-12(18-10)9-4-2-3-5-14-9/h2-5,8,13H,6-7H2,1H3,(H,15,17). The Bertz CT molecular complexity index is 512. The molecule has 0 bridgehead atoms. The maximum absolute atomic E-state index is 11.8. The van der Waals surface area contributed by atoms with Crippen LogP contribution in [0.15, 0.2) is 30.6 Å². The van der Waals surface area contributed by atoms with E-state index in [-0.39, 0.29) is 5.91 Å². The Morgan fingerprint density at radius 3 is 2.94 bits per heavy atom. The number of hydrogen-bond acceptors (Lipinski definition) is 5. The summed E-state index contributed by atoms with van der Waals surface area (Å²) in [6.07, 6.45) is 3.30. The zero-order chi connectivity index (χ0) is 12.8. The zero-order valence-corrected chi connectivity index (χ0v) is 10.8. The molecule has 0 radical (unpaired) electrons. The highest BCUT2D eigenvalue weighted by molar-refractivity contribution is 7.16. The molecule has 2 heterocycles. The molecule has 2 aromatic heterocycles. The van der Waals surface area contributed by atoms with E-state index in [0.717, 1.165) is 17.2 Å². The van der Waals surface area contributed by atoms with Gasteiger partial charge in [0.15, 0.2) is 0 Å². The first-order valence-electron chi connectivity index (χ1n) is 5.61. The van der Waals surface area contributed by atoms with Crippen LogP contribution < -0.4 is 10.6 Å². The van der Waals surface area contributed by atoms with Crippen molar-refractivity contribution in [3.63, 3.8) is 0 Å². The van der Waals surface area contributed by atoms with Crippen molar-refractivity contribution in [1.82, 2.24) is 20.6 Å². The Balaban J connectivity index is 2.04. The van der Waals surface area contributed by atoms with Crippen molar-refractivity contribution >= 4 is 17.2 Å². The number of pyridine rings is 1. The van der Waals surface area contributed by atoms with E-state index < -0.39 is 0 Å². The third-order valence-corrected chi connectivity index (χ3v) is 3.29. The van der Waals surface area contributed by atoms with Gasteiger partial charge in [-0.3, -0.25) is 9.78 Å². The maximum atomic E-state index is 11.8. The lowest BCUT2D eigenvalue weighted by Gasteiger charge is -2.01. The first-order chi connectivity index (χ1) is 8.81. The second kappa shape index (κ2) is 6.23. The van der Waals surface area contributed by atoms with Gasteiger partial charge in [0, 0.05) is 19.3 Å². The molecule has 2 N–H and O–H groups in total. The number of aromatic nitrogens is 2. The minimum Gasteiger partial charge on any atom is -0.350 e. The summed E-state index contributed by atoms with van der Waals surface area (Å²) in [7, 11) is 1.85. The van der Waals surface area contributed by atoms with Crippen LogP contribution in [-0.2, 0) is 0 Å². The second-order valence-corrected chi connectivity index (χ2v) is 4.63. The lowest BCUT2D eigenvalue weighted by molar-refractivity contribution is 0.0958. The largest absolute Gasteiger partial charge is 0.350 e. The van der Waals surface area contributed by atoms with E-state index in [2.05, 4.69) is 20.6 Å². The lowest BCUT2D eigenvalue weighted by atomic mass is 10.4. The van der Waals surface area contributed by atoms with E-state index in [1.165, 1.54) is 11.3 Å². The summed E-state index contributed by atoms with van der Waals surface area (Å²) >= 11 is 1.35. The molecule has 2 aromatic rings. The molecule has 0 atom stereocenters. The van der Waals surface area contributed by atoms with Gasteiger partial charge in [0.2, 0.25) is 0 Å². The Hall–Kier alpha value is -1.79. The van der Waals surface area contributed by atoms with Gasteiger partial charge in [-0.05, 0) is 19.2 Å². The Labute approximate surface area is 109 Å². The van der Waals surface area contributed by atoms with Crippen LogP contribution in [-0.4, -0.2) is 36.0 Å². The summed E-state index contributed by atoms with van der Waals surface area (Å²) in [5.41, 5.74) is 0.789. The zero-order valence-electron chi connectivity index (χ0n) is 10.0. The number of likely N-dealkylation sites (N-methyl/N-ethyl adjacent to an activating group) is 1. The fourth-order valence-electron chi connectivity index (χ4n) is 1.37. The fourth-order valence-corrected chi connectivity index (χ4v) is 2.18. The molecule has 1 amide bonds. The lowest BCUT2D eigenvalue weighted by Crippen LogP contribution is -2.29. The summed E-state index contributed by atoms with van der Waals surface area (Å²) in [5.74, 6) is -0.0927. The van der Waals surface area contributed by atoms with Crippen LogP contribution >= 0.6 is 11.3 Å². The molecule has 0 unspecified atom stereocenters. The highest BCUT2D eigenvalue weighted by atomic mass is 32.1. The van der Waals surface area contributed by atoms with Gasteiger partial charge in [0.1, 0.15) is 9.88 Å². The summed E-state index contributed by atoms with van der Waals surface area (Å²) < 4.78 is 0. The van der Waals surface area contributed by atoms with E-state index in [1.807, 2.05) is 25.2 Å². The van der Waals surface area contributed by atoms with E-state index in [9.17, 15) is 4.79 Å². The molecular weight excluding hydrogens is 248 g/mol. The summed E-state index contributed by atoms with van der Waals surface area (Å²) in [5, 5.41) is 6.54. The molecule has 0 aliphatic rings. The number of carbonyl (C=O) groups excluding carboxylic acids is 1. The van der Waals surface area contributed by atoms with Gasteiger partial charge >= 0.3 is 0 Å². The van der Waals surface area contributed by atoms with Gasteiger partial charge in [0.25, 0.3) is 5.91 Å². The predicted octanol–water partition coefficient (Wildman–Crippen LogP) is 1.15. The Morgan fingerprint density at radius 2 is 2.22 bits per heavy atom. The highest BCUT2D eigenvalue weighted by Gasteiger charge is 2.11. The van der Waals surface area contributed by atoms with Crippen molar-refractivity contribution in [3.05, 3.63) is 35.5 Å². The van der Waals surface area contributed by atoms with Crippen LogP contribution in [0.4, 0.5) is 0 Å². The van der Waals surface area contributed by atoms with Gasteiger partial charge < -0.3 is 10.6 Å². The number of hydrogen-bond donors (Lipinski definition) is 2. The molecule has 0 aromatic carbocycles. The SMILES string of the molecule is CNCCNC(=O)c1cnc(-c2ccccn2)s1. The number of nitrogens with zero attached hydrogens (tertiary/aromatic N) is 2. The average molecular weight is 262 g/mol. The Morgan fingerprint density at radius 1 is 1.33 bits per heavy atom. The highest BCUT2D eigenvalue weighted by Crippen LogP contribution is 2.22. The van der Waals surface area contributed by atoms with Crippen molar-refractivity contribution < 1.29 is 4.79 Å². The summed E-state index contributed by atoms with van der Waals surface area (Å²) in [4.78, 5) is 20.8. The van der Waals surface area contributed by atoms with Crippen LogP contribution in [0, 0.1) is 0 Å². The number of amides is 1. The first kappa shape index (κ1) is 12.7. The van der Waals surface area contributed by atoms with E-state index >= 15 is 0 Å². The number of nitrogens with one attached hydrogen (secondary N) is 2. The maximum Gasteiger partial charge on any atom is 0.263 e. The molecule has 0 spiro atoms. The normalized spacial score (nSPS) is 10.3. The van der Waals surface area contributed by atoms with Crippen LogP contribution in [0.3, 0.4) is 0 Å². The van der Waals surface area contributed by atoms with Crippen molar-refractivity contribution in [2.24, 2.45) is 0 Å². The molecular formula is C12H14N4OS. The molecule has 0 saturated carbocycles. The van der Waals surface area contributed by atoms with Crippen molar-refractivity contribution in [2.45, 2.75) is 0 Å². The van der Waals surface area contributed by atoms with E-state index in [1.54, 1.807) is 12.4 Å². The third kappa shape index (κ3) is 3.12. The second-order valence-electron chi connectivity index (χ2n) is 3.60. The van der Waals surface area contributed by atoms with Gasteiger partial charge in [0.05, 0.1) is 11.9 Å². The fraction of sp³-hybridized carbons (Fsp3) is 0.250. The van der Waals surface area contributed by atoms with E-state index in [0.29, 0.717) is 11.4 Å². The number of carbonyl (C=O) groups is 1. The van der Waals surface area contributed by atoms with Crippen LogP contribution in [0.2, 0.25) is 0 Å². The van der Waals surface area contributed by atoms with Gasteiger partial charge in [-0.15, -0.1) is 11.3 Å². The molecule has 5 nitrogen and oxygen atoms in total. The minimum atomic E-state index is -0.0927. The monoisotopic (exact) mass is 262 g/mol. The molecule has 0 saturated heterocycles. The van der Waals surface area contributed by atoms with Crippen molar-refractivity contribution in [2.75, 3.05) is 20.1 Å².